The first kappa shape index (κ1) is 14.7. The van der Waals surface area contributed by atoms with Crippen LogP contribution in [0.25, 0.3) is 0 Å². The third-order valence-corrected chi connectivity index (χ3v) is 2.78. The molecule has 0 aromatic carbocycles. The quantitative estimate of drug-likeness (QED) is 0.649. The fourth-order valence-electron chi connectivity index (χ4n) is 1.24. The number of aliphatic carboxylic acids is 1. The van der Waals surface area contributed by atoms with E-state index in [1.54, 1.807) is 7.11 Å². The fraction of sp³-hybridized carbons (Fsp3) is 0.900. The second kappa shape index (κ2) is 7.91. The first-order valence-corrected chi connectivity index (χ1v) is 5.56. The van der Waals surface area contributed by atoms with Crippen molar-refractivity contribution in [2.75, 3.05) is 26.8 Å². The van der Waals surface area contributed by atoms with E-state index in [2.05, 4.69) is 13.8 Å². The molecule has 0 saturated heterocycles. The molecule has 4 nitrogen and oxygen atoms in total. The van der Waals surface area contributed by atoms with Crippen LogP contribution in [-0.2, 0) is 9.53 Å². The third-order valence-electron chi connectivity index (χ3n) is 2.46. The summed E-state index contributed by atoms with van der Waals surface area (Å²) in [6.07, 6.45) is 0.965. The molecule has 0 aliphatic carbocycles. The second-order valence-corrected chi connectivity index (χ2v) is 4.08. The van der Waals surface area contributed by atoms with E-state index < -0.39 is 11.3 Å². The van der Waals surface area contributed by atoms with Crippen molar-refractivity contribution in [3.63, 3.8) is 0 Å². The lowest BCUT2D eigenvalue weighted by Crippen LogP contribution is -2.41. The summed E-state index contributed by atoms with van der Waals surface area (Å²) in [4.78, 5) is 12.7. The number of carboxylic acid groups (broad SMARTS) is 1. The van der Waals surface area contributed by atoms with Crippen LogP contribution in [0.15, 0.2) is 0 Å². The second-order valence-electron chi connectivity index (χ2n) is 3.55. The largest absolute Gasteiger partial charge is 0.480 e. The molecule has 0 radical (unpaired) electrons. The van der Waals surface area contributed by atoms with E-state index in [0.29, 0.717) is 25.7 Å². The lowest BCUT2D eigenvalue weighted by molar-refractivity contribution is -0.137. The average molecular weight is 238 g/mol. The molecular weight excluding hydrogens is 218 g/mol. The molecule has 0 aromatic rings. The van der Waals surface area contributed by atoms with Crippen LogP contribution in [0.2, 0.25) is 0 Å². The number of rotatable bonds is 8. The number of ether oxygens (including phenoxy) is 1. The van der Waals surface area contributed by atoms with Crippen molar-refractivity contribution >= 4 is 17.6 Å². The van der Waals surface area contributed by atoms with E-state index in [-0.39, 0.29) is 0 Å². The van der Waals surface area contributed by atoms with E-state index >= 15 is 0 Å². The van der Waals surface area contributed by atoms with Gasteiger partial charge in [-0.25, -0.2) is 0 Å². The number of carboxylic acids is 1. The van der Waals surface area contributed by atoms with E-state index in [1.807, 2.05) is 4.90 Å². The Hall–Kier alpha value is -0.320. The summed E-state index contributed by atoms with van der Waals surface area (Å²) in [5.74, 6) is -0.970. The van der Waals surface area contributed by atoms with Gasteiger partial charge in [-0.3, -0.25) is 9.69 Å². The molecule has 2 unspecified atom stereocenters. The van der Waals surface area contributed by atoms with Crippen LogP contribution >= 0.6 is 11.6 Å². The number of halogens is 1. The minimum absolute atomic E-state index is 0.320. The van der Waals surface area contributed by atoms with Crippen LogP contribution in [-0.4, -0.2) is 54.2 Å². The van der Waals surface area contributed by atoms with Crippen molar-refractivity contribution < 1.29 is 14.6 Å². The first-order valence-electron chi connectivity index (χ1n) is 5.12. The first-order chi connectivity index (χ1) is 7.02. The molecule has 90 valence electrons. The van der Waals surface area contributed by atoms with Gasteiger partial charge < -0.3 is 9.84 Å². The molecule has 0 aromatic heterocycles. The highest BCUT2D eigenvalue weighted by Crippen LogP contribution is 2.07. The summed E-state index contributed by atoms with van der Waals surface area (Å²) < 4.78 is 4.98. The maximum absolute atomic E-state index is 10.6. The lowest BCUT2D eigenvalue weighted by Gasteiger charge is -2.28. The summed E-state index contributed by atoms with van der Waals surface area (Å²) >= 11 is 5.71. The van der Waals surface area contributed by atoms with Gasteiger partial charge in [0.15, 0.2) is 0 Å². The molecule has 0 saturated carbocycles. The molecule has 5 heteroatoms. The van der Waals surface area contributed by atoms with Gasteiger partial charge in [-0.1, -0.05) is 6.92 Å². The Morgan fingerprint density at radius 3 is 2.60 bits per heavy atom. The number of hydrogen-bond acceptors (Lipinski definition) is 3. The van der Waals surface area contributed by atoms with Gasteiger partial charge in [0.2, 0.25) is 0 Å². The predicted octanol–water partition coefficient (Wildman–Crippen LogP) is 1.43. The molecule has 0 heterocycles. The molecule has 0 fully saturated rings. The standard InChI is InChI=1S/C10H20ClNO3/c1-4-8(2)12(5-6-15-3)7-9(11)10(13)14/h8-9H,4-7H2,1-3H3,(H,13,14). The Labute approximate surface area is 96.2 Å². The Morgan fingerprint density at radius 1 is 1.60 bits per heavy atom. The van der Waals surface area contributed by atoms with Crippen LogP contribution in [0.3, 0.4) is 0 Å². The molecule has 0 bridgehead atoms. The van der Waals surface area contributed by atoms with Crippen LogP contribution in [0.4, 0.5) is 0 Å². The van der Waals surface area contributed by atoms with Crippen LogP contribution in [0.5, 0.6) is 0 Å². The van der Waals surface area contributed by atoms with Gasteiger partial charge in [-0.2, -0.15) is 0 Å². The molecule has 15 heavy (non-hydrogen) atoms. The summed E-state index contributed by atoms with van der Waals surface area (Å²) in [7, 11) is 1.63. The van der Waals surface area contributed by atoms with Crippen molar-refractivity contribution in [1.29, 1.82) is 0 Å². The summed E-state index contributed by atoms with van der Waals surface area (Å²) in [5, 5.41) is 7.87. The summed E-state index contributed by atoms with van der Waals surface area (Å²) in [6.45, 7) is 5.78. The monoisotopic (exact) mass is 237 g/mol. The van der Waals surface area contributed by atoms with Crippen molar-refractivity contribution in [3.8, 4) is 0 Å². The van der Waals surface area contributed by atoms with Gasteiger partial charge in [0.25, 0.3) is 0 Å². The molecule has 0 aliphatic rings. The summed E-state index contributed by atoms with van der Waals surface area (Å²) in [5.41, 5.74) is 0. The topological polar surface area (TPSA) is 49.8 Å². The minimum atomic E-state index is -0.970. The number of methoxy groups -OCH3 is 1. The van der Waals surface area contributed by atoms with Gasteiger partial charge >= 0.3 is 5.97 Å². The maximum Gasteiger partial charge on any atom is 0.322 e. The Balaban J connectivity index is 4.16. The Morgan fingerprint density at radius 2 is 2.20 bits per heavy atom. The smallest absolute Gasteiger partial charge is 0.322 e. The van der Waals surface area contributed by atoms with E-state index in [4.69, 9.17) is 21.4 Å². The fourth-order valence-corrected chi connectivity index (χ4v) is 1.42. The zero-order chi connectivity index (χ0) is 11.8. The third kappa shape index (κ3) is 5.97. The Bertz CT molecular complexity index is 190. The van der Waals surface area contributed by atoms with Crippen molar-refractivity contribution in [2.45, 2.75) is 31.7 Å². The van der Waals surface area contributed by atoms with Crippen LogP contribution in [0, 0.1) is 0 Å². The van der Waals surface area contributed by atoms with E-state index in [9.17, 15) is 4.79 Å². The average Bonchev–Trinajstić information content (AvgIpc) is 2.22. The normalized spacial score (nSPS) is 15.3. The van der Waals surface area contributed by atoms with E-state index in [0.717, 1.165) is 6.42 Å². The van der Waals surface area contributed by atoms with Gasteiger partial charge in [0.05, 0.1) is 6.61 Å². The zero-order valence-electron chi connectivity index (χ0n) is 9.57. The highest BCUT2D eigenvalue weighted by atomic mass is 35.5. The molecule has 2 atom stereocenters. The molecule has 1 N–H and O–H groups in total. The predicted molar refractivity (Wildman–Crippen MR) is 60.5 cm³/mol. The number of carbonyl (C=O) groups is 1. The maximum atomic E-state index is 10.6. The SMILES string of the molecule is CCC(C)N(CCOC)CC(Cl)C(=O)O. The molecule has 0 aliphatic heterocycles. The van der Waals surface area contributed by atoms with Gasteiger partial charge in [0.1, 0.15) is 5.38 Å². The Kier molecular flexibility index (Phi) is 7.74. The minimum Gasteiger partial charge on any atom is -0.480 e. The highest BCUT2D eigenvalue weighted by molar-refractivity contribution is 6.29. The number of alkyl halides is 1. The molecule has 0 amide bonds. The molecule has 0 rings (SSSR count). The summed E-state index contributed by atoms with van der Waals surface area (Å²) in [6, 6.07) is 0.320. The number of hydrogen-bond donors (Lipinski definition) is 1. The zero-order valence-corrected chi connectivity index (χ0v) is 10.3. The number of nitrogens with zero attached hydrogens (tertiary/aromatic N) is 1. The van der Waals surface area contributed by atoms with Gasteiger partial charge in [0, 0.05) is 26.2 Å². The molecule has 0 spiro atoms. The highest BCUT2D eigenvalue weighted by Gasteiger charge is 2.20. The van der Waals surface area contributed by atoms with Crippen LogP contribution in [0.1, 0.15) is 20.3 Å². The van der Waals surface area contributed by atoms with Gasteiger partial charge in [-0.05, 0) is 13.3 Å². The van der Waals surface area contributed by atoms with E-state index in [1.165, 1.54) is 0 Å². The molecular formula is C10H20ClNO3. The van der Waals surface area contributed by atoms with Gasteiger partial charge in [-0.15, -0.1) is 11.6 Å². The van der Waals surface area contributed by atoms with Crippen molar-refractivity contribution in [2.24, 2.45) is 0 Å². The van der Waals surface area contributed by atoms with Crippen LogP contribution < -0.4 is 0 Å². The lowest BCUT2D eigenvalue weighted by atomic mass is 10.2. The van der Waals surface area contributed by atoms with Crippen molar-refractivity contribution in [3.05, 3.63) is 0 Å². The van der Waals surface area contributed by atoms with Crippen molar-refractivity contribution in [1.82, 2.24) is 4.90 Å².